The third-order valence-corrected chi connectivity index (χ3v) is 1.53. The van der Waals surface area contributed by atoms with Crippen LogP contribution in [0.3, 0.4) is 0 Å². The molecule has 0 spiro atoms. The molecule has 0 radical (unpaired) electrons. The SMILES string of the molecule is N=NNC(=N)C(=N)c1cccnc1N. The highest BCUT2D eigenvalue weighted by Gasteiger charge is 2.10. The zero-order chi connectivity index (χ0) is 10.6. The van der Waals surface area contributed by atoms with Crippen molar-refractivity contribution in [3.05, 3.63) is 23.9 Å². The van der Waals surface area contributed by atoms with Crippen LogP contribution in [0.15, 0.2) is 23.6 Å². The zero-order valence-corrected chi connectivity index (χ0v) is 7.20. The molecule has 0 aliphatic heterocycles. The van der Waals surface area contributed by atoms with Crippen LogP contribution in [-0.4, -0.2) is 16.5 Å². The normalized spacial score (nSPS) is 9.14. The summed E-state index contributed by atoms with van der Waals surface area (Å²) in [6, 6.07) is 3.19. The Balaban J connectivity index is 2.95. The molecule has 1 aromatic heterocycles. The van der Waals surface area contributed by atoms with Crippen molar-refractivity contribution in [2.75, 3.05) is 5.73 Å². The molecule has 0 bridgehead atoms. The fraction of sp³-hybridized carbons (Fsp3) is 0. The number of nitrogens with two attached hydrogens (primary N) is 1. The summed E-state index contributed by atoms with van der Waals surface area (Å²) in [4.78, 5) is 3.78. The van der Waals surface area contributed by atoms with Crippen molar-refractivity contribution in [2.24, 2.45) is 5.22 Å². The van der Waals surface area contributed by atoms with Crippen LogP contribution in [0.1, 0.15) is 5.56 Å². The monoisotopic (exact) mass is 191 g/mol. The lowest BCUT2D eigenvalue weighted by molar-refractivity contribution is 0.867. The number of nitrogen functional groups attached to an aromatic ring is 1. The maximum absolute atomic E-state index is 7.53. The number of rotatable bonds is 3. The molecule has 1 heterocycles. The molecule has 7 nitrogen and oxygen atoms in total. The minimum atomic E-state index is -0.292. The lowest BCUT2D eigenvalue weighted by Gasteiger charge is -2.05. The molecule has 0 amide bonds. The summed E-state index contributed by atoms with van der Waals surface area (Å²) < 4.78 is 0. The third-order valence-electron chi connectivity index (χ3n) is 1.53. The lowest BCUT2D eigenvalue weighted by atomic mass is 10.1. The van der Waals surface area contributed by atoms with Crippen molar-refractivity contribution in [1.82, 2.24) is 10.4 Å². The summed E-state index contributed by atoms with van der Waals surface area (Å²) in [6.07, 6.45) is 1.50. The molecule has 0 aliphatic rings. The summed E-state index contributed by atoms with van der Waals surface area (Å²) in [6.45, 7) is 0. The molecule has 0 aliphatic carbocycles. The van der Waals surface area contributed by atoms with Crippen LogP contribution >= 0.6 is 0 Å². The zero-order valence-electron chi connectivity index (χ0n) is 7.20. The van der Waals surface area contributed by atoms with Gasteiger partial charge in [0.2, 0.25) is 0 Å². The van der Waals surface area contributed by atoms with Crippen molar-refractivity contribution in [2.45, 2.75) is 0 Å². The second-order valence-electron chi connectivity index (χ2n) is 2.41. The van der Waals surface area contributed by atoms with Crippen molar-refractivity contribution in [1.29, 1.82) is 16.3 Å². The van der Waals surface area contributed by atoms with E-state index >= 15 is 0 Å². The number of anilines is 1. The molecule has 0 saturated carbocycles. The number of aromatic nitrogens is 1. The van der Waals surface area contributed by atoms with Gasteiger partial charge >= 0.3 is 0 Å². The lowest BCUT2D eigenvalue weighted by Crippen LogP contribution is -2.26. The predicted molar refractivity (Wildman–Crippen MR) is 51.5 cm³/mol. The van der Waals surface area contributed by atoms with E-state index in [0.717, 1.165) is 0 Å². The highest BCUT2D eigenvalue weighted by molar-refractivity contribution is 6.46. The second-order valence-corrected chi connectivity index (χ2v) is 2.41. The first kappa shape index (κ1) is 9.78. The van der Waals surface area contributed by atoms with Gasteiger partial charge in [0.25, 0.3) is 0 Å². The van der Waals surface area contributed by atoms with Crippen molar-refractivity contribution >= 4 is 17.4 Å². The average molecular weight is 191 g/mol. The topological polar surface area (TPSA) is 135 Å². The Bertz CT molecular complexity index is 383. The van der Waals surface area contributed by atoms with Crippen LogP contribution in [0, 0.1) is 16.3 Å². The standard InChI is InChI=1S/C7H9N7/c8-5(7(10)13-14-11)4-2-1-3-12-6(4)9/h1-3,8H,(H2,9,12)(H3,10,11,13). The Morgan fingerprint density at radius 1 is 1.50 bits per heavy atom. The van der Waals surface area contributed by atoms with Crippen molar-refractivity contribution < 1.29 is 0 Å². The van der Waals surface area contributed by atoms with Crippen LogP contribution in [0.4, 0.5) is 5.82 Å². The van der Waals surface area contributed by atoms with E-state index in [4.69, 9.17) is 22.1 Å². The third kappa shape index (κ3) is 1.89. The van der Waals surface area contributed by atoms with Crippen LogP contribution in [0.2, 0.25) is 0 Å². The number of nitrogens with one attached hydrogen (secondary N) is 4. The Hall–Kier alpha value is -2.31. The number of nitrogens with zero attached hydrogens (tertiary/aromatic N) is 2. The molecule has 0 fully saturated rings. The number of pyridine rings is 1. The minimum Gasteiger partial charge on any atom is -0.383 e. The Labute approximate surface area is 79.8 Å². The van der Waals surface area contributed by atoms with Crippen LogP contribution in [0.25, 0.3) is 0 Å². The van der Waals surface area contributed by atoms with E-state index in [-0.39, 0.29) is 17.4 Å². The molecule has 0 unspecified atom stereocenters. The molecule has 0 atom stereocenters. The van der Waals surface area contributed by atoms with Gasteiger partial charge in [-0.25, -0.2) is 10.4 Å². The summed E-state index contributed by atoms with van der Waals surface area (Å²) >= 11 is 0. The van der Waals surface area contributed by atoms with E-state index in [1.165, 1.54) is 6.20 Å². The van der Waals surface area contributed by atoms with E-state index in [1.54, 1.807) is 12.1 Å². The summed E-state index contributed by atoms with van der Waals surface area (Å²) in [5.74, 6) is -0.117. The first-order valence-electron chi connectivity index (χ1n) is 3.67. The molecule has 7 heteroatoms. The fourth-order valence-electron chi connectivity index (χ4n) is 0.875. The average Bonchev–Trinajstić information content (AvgIpc) is 2.18. The van der Waals surface area contributed by atoms with E-state index in [1.807, 2.05) is 5.43 Å². The smallest absolute Gasteiger partial charge is 0.166 e. The van der Waals surface area contributed by atoms with Crippen LogP contribution in [-0.2, 0) is 0 Å². The van der Waals surface area contributed by atoms with Gasteiger partial charge in [0.05, 0.1) is 0 Å². The van der Waals surface area contributed by atoms with Gasteiger partial charge in [0.1, 0.15) is 11.5 Å². The number of hydrogen-bond donors (Lipinski definition) is 5. The summed E-state index contributed by atoms with van der Waals surface area (Å²) in [7, 11) is 0. The first-order chi connectivity index (χ1) is 6.66. The van der Waals surface area contributed by atoms with Gasteiger partial charge < -0.3 is 5.73 Å². The maximum Gasteiger partial charge on any atom is 0.166 e. The van der Waals surface area contributed by atoms with E-state index in [9.17, 15) is 0 Å². The quantitative estimate of drug-likeness (QED) is 0.206. The van der Waals surface area contributed by atoms with E-state index < -0.39 is 0 Å². The van der Waals surface area contributed by atoms with E-state index in [0.29, 0.717) is 5.56 Å². The minimum absolute atomic E-state index is 0.147. The summed E-state index contributed by atoms with van der Waals surface area (Å²) in [5.41, 5.74) is 14.2. The molecule has 72 valence electrons. The molecule has 6 N–H and O–H groups in total. The molecular weight excluding hydrogens is 182 g/mol. The van der Waals surface area contributed by atoms with Crippen molar-refractivity contribution in [3.63, 3.8) is 0 Å². The van der Waals surface area contributed by atoms with Gasteiger partial charge in [-0.15, -0.1) is 0 Å². The fourth-order valence-corrected chi connectivity index (χ4v) is 0.875. The van der Waals surface area contributed by atoms with Gasteiger partial charge in [-0.1, -0.05) is 5.22 Å². The predicted octanol–water partition coefficient (Wildman–Crippen LogP) is 0.545. The van der Waals surface area contributed by atoms with Gasteiger partial charge in [-0.05, 0) is 12.1 Å². The van der Waals surface area contributed by atoms with Gasteiger partial charge in [-0.3, -0.25) is 10.8 Å². The molecule has 0 saturated heterocycles. The Morgan fingerprint density at radius 2 is 2.21 bits per heavy atom. The maximum atomic E-state index is 7.53. The molecule has 1 rings (SSSR count). The first-order valence-corrected chi connectivity index (χ1v) is 3.67. The van der Waals surface area contributed by atoms with E-state index in [2.05, 4.69) is 10.2 Å². The summed E-state index contributed by atoms with van der Waals surface area (Å²) in [5, 5.41) is 17.6. The molecule has 0 aromatic carbocycles. The largest absolute Gasteiger partial charge is 0.383 e. The second kappa shape index (κ2) is 4.08. The van der Waals surface area contributed by atoms with Gasteiger partial charge in [0.15, 0.2) is 5.84 Å². The molecule has 1 aromatic rings. The Kier molecular flexibility index (Phi) is 2.85. The highest BCUT2D eigenvalue weighted by atomic mass is 15.4. The highest BCUT2D eigenvalue weighted by Crippen LogP contribution is 2.07. The van der Waals surface area contributed by atoms with Crippen molar-refractivity contribution in [3.8, 4) is 0 Å². The number of hydrogen-bond acceptors (Lipinski definition) is 6. The Morgan fingerprint density at radius 3 is 2.79 bits per heavy atom. The van der Waals surface area contributed by atoms with Gasteiger partial charge in [-0.2, -0.15) is 5.53 Å². The van der Waals surface area contributed by atoms with Crippen LogP contribution in [0.5, 0.6) is 0 Å². The van der Waals surface area contributed by atoms with Crippen LogP contribution < -0.4 is 11.2 Å². The number of amidine groups is 1. The molecule has 14 heavy (non-hydrogen) atoms. The molecular formula is C7H9N7. The van der Waals surface area contributed by atoms with Gasteiger partial charge in [0, 0.05) is 11.8 Å².